The van der Waals surface area contributed by atoms with E-state index in [0.717, 1.165) is 16.5 Å². The number of nitrogens with two attached hydrogens (primary N) is 1. The quantitative estimate of drug-likeness (QED) is 0.0957. The van der Waals surface area contributed by atoms with E-state index in [1.807, 2.05) is 6.07 Å². The van der Waals surface area contributed by atoms with Gasteiger partial charge >= 0.3 is 5.97 Å². The topological polar surface area (TPSA) is 206 Å². The van der Waals surface area contributed by atoms with Crippen molar-refractivity contribution in [1.29, 1.82) is 0 Å². The maximum absolute atomic E-state index is 13.1. The first-order valence-corrected chi connectivity index (χ1v) is 12.9. The molecule has 40 heavy (non-hydrogen) atoms. The summed E-state index contributed by atoms with van der Waals surface area (Å²) in [6.07, 6.45) is 6.10. The fourth-order valence-corrected chi connectivity index (χ4v) is 5.55. The van der Waals surface area contributed by atoms with Crippen molar-refractivity contribution in [3.63, 3.8) is 0 Å². The molecule has 2 aliphatic heterocycles. The van der Waals surface area contributed by atoms with Crippen molar-refractivity contribution in [3.05, 3.63) is 54.0 Å². The van der Waals surface area contributed by atoms with E-state index in [9.17, 15) is 24.3 Å². The highest BCUT2D eigenvalue weighted by molar-refractivity contribution is 8.00. The third-order valence-electron chi connectivity index (χ3n) is 5.98. The molecule has 2 amide bonds. The van der Waals surface area contributed by atoms with Crippen LogP contribution in [-0.4, -0.2) is 69.7 Å². The Labute approximate surface area is 229 Å². The maximum Gasteiger partial charge on any atom is 0.347 e. The Balaban J connectivity index is 1.32. The number of oxime groups is 1. The number of rotatable bonds is 10. The first-order chi connectivity index (χ1) is 19.3. The lowest BCUT2D eigenvalue weighted by Crippen LogP contribution is -2.71. The van der Waals surface area contributed by atoms with Gasteiger partial charge in [0.05, 0.1) is 24.5 Å². The number of aromatic nitrogens is 2. The number of hydrogen-bond donors (Lipinski definition) is 2. The summed E-state index contributed by atoms with van der Waals surface area (Å²) in [6.45, 7) is 1.34. The number of carboxylic acids is 1. The van der Waals surface area contributed by atoms with Crippen molar-refractivity contribution in [1.82, 2.24) is 15.2 Å². The molecule has 16 heteroatoms. The Morgan fingerprint density at radius 2 is 2.17 bits per heavy atom. The average Bonchev–Trinajstić information content (AvgIpc) is 3.57. The van der Waals surface area contributed by atoms with Crippen LogP contribution in [0.5, 0.6) is 0 Å². The average molecular weight is 571 g/mol. The number of nitrogens with one attached hydrogen (secondary N) is 1. The number of esters is 1. The third-order valence-corrected chi connectivity index (χ3v) is 7.32. The molecule has 15 nitrogen and oxygen atoms in total. The predicted octanol–water partition coefficient (Wildman–Crippen LogP) is -1.32. The first-order valence-electron chi connectivity index (χ1n) is 11.9. The second-order valence-electron chi connectivity index (χ2n) is 8.55. The number of nitrogens with zero attached hydrogens (tertiary/aromatic N) is 4. The lowest BCUT2D eigenvalue weighted by molar-refractivity contribution is -0.688. The lowest BCUT2D eigenvalue weighted by atomic mass is 10.0. The minimum Gasteiger partial charge on any atom is -0.543 e. The highest BCUT2D eigenvalue weighted by Crippen LogP contribution is 2.40. The normalized spacial score (nSPS) is 18.8. The summed E-state index contributed by atoms with van der Waals surface area (Å²) in [5.41, 5.74) is 5.81. The molecule has 5 heterocycles. The third kappa shape index (κ3) is 5.20. The number of carbonyl (C=O) groups is 4. The molecule has 0 spiro atoms. The Morgan fingerprint density at radius 3 is 2.90 bits per heavy atom. The summed E-state index contributed by atoms with van der Waals surface area (Å²) in [5.74, 6) is -3.50. The van der Waals surface area contributed by atoms with Crippen LogP contribution in [0.15, 0.2) is 62.3 Å². The number of carbonyl (C=O) groups excluding carboxylic acids is 4. The zero-order valence-electron chi connectivity index (χ0n) is 20.9. The van der Waals surface area contributed by atoms with E-state index >= 15 is 0 Å². The van der Waals surface area contributed by atoms with Crippen LogP contribution < -0.4 is 20.7 Å². The second kappa shape index (κ2) is 11.1. The Morgan fingerprint density at radius 1 is 1.35 bits per heavy atom. The molecule has 0 saturated carbocycles. The summed E-state index contributed by atoms with van der Waals surface area (Å²) < 4.78 is 16.8. The van der Waals surface area contributed by atoms with Gasteiger partial charge in [-0.3, -0.25) is 14.5 Å². The lowest BCUT2D eigenvalue weighted by Gasteiger charge is -2.50. The van der Waals surface area contributed by atoms with Gasteiger partial charge in [0.2, 0.25) is 12.8 Å². The van der Waals surface area contributed by atoms with Gasteiger partial charge in [0.15, 0.2) is 24.0 Å². The Hall–Kier alpha value is -4.86. The molecule has 1 unspecified atom stereocenters. The number of ether oxygens (including phenoxy) is 1. The maximum atomic E-state index is 13.1. The standard InChI is InChI=1S/C24H22N6O9S/c1-2-36-16(31)10-39-28-17(14-9-38-24(25)26-14)20(32)27-18-21(33)30-19(23(34)35)13(11-40-22(18)30)7-29-5-3-12-4-6-37-15(12)8-29/h3-6,8-9,18,22H,2,7,10-11H2,1H3,(H3-,25,26,27,32,34,35)/b28-17+/t18?,22-/m1/s1. The molecule has 1 fully saturated rings. The van der Waals surface area contributed by atoms with Gasteiger partial charge in [-0.05, 0) is 13.0 Å². The molecule has 3 aromatic rings. The van der Waals surface area contributed by atoms with Gasteiger partial charge in [0.1, 0.15) is 23.4 Å². The highest BCUT2D eigenvalue weighted by Gasteiger charge is 2.53. The fourth-order valence-electron chi connectivity index (χ4n) is 4.22. The van der Waals surface area contributed by atoms with E-state index in [1.54, 1.807) is 36.2 Å². The van der Waals surface area contributed by atoms with Crippen molar-refractivity contribution in [2.45, 2.75) is 24.9 Å². The molecular weight excluding hydrogens is 548 g/mol. The van der Waals surface area contributed by atoms with E-state index < -0.39 is 47.5 Å². The van der Waals surface area contributed by atoms with E-state index in [2.05, 4.69) is 15.5 Å². The molecule has 3 aromatic heterocycles. The minimum atomic E-state index is -1.51. The van der Waals surface area contributed by atoms with Crippen molar-refractivity contribution >= 4 is 58.2 Å². The molecule has 5 rings (SSSR count). The van der Waals surface area contributed by atoms with Crippen LogP contribution >= 0.6 is 11.8 Å². The largest absolute Gasteiger partial charge is 0.543 e. The molecule has 0 aromatic carbocycles. The number of anilines is 1. The zero-order valence-corrected chi connectivity index (χ0v) is 21.7. The van der Waals surface area contributed by atoms with Crippen molar-refractivity contribution in [2.24, 2.45) is 5.16 Å². The van der Waals surface area contributed by atoms with E-state index in [-0.39, 0.29) is 36.3 Å². The summed E-state index contributed by atoms with van der Waals surface area (Å²) in [5, 5.41) is 18.5. The van der Waals surface area contributed by atoms with E-state index in [4.69, 9.17) is 24.1 Å². The molecule has 3 N–H and O–H groups in total. The number of furan rings is 1. The molecule has 0 bridgehead atoms. The SMILES string of the molecule is CCOC(=O)CO/N=C(/C(=O)NC1C(=O)N2C(C(=O)[O-])=C(C[n+]3ccc4ccoc4c3)CS[C@H]12)c1coc(N)n1. The number of hydrogen-bond acceptors (Lipinski definition) is 13. The van der Waals surface area contributed by atoms with E-state index in [0.29, 0.717) is 11.2 Å². The number of carboxylic acid groups (broad SMARTS) is 1. The zero-order chi connectivity index (χ0) is 28.4. The minimum absolute atomic E-state index is 0.109. The van der Waals surface area contributed by atoms with Crippen LogP contribution in [0.2, 0.25) is 0 Å². The van der Waals surface area contributed by atoms with Crippen molar-refractivity contribution in [2.75, 3.05) is 24.7 Å². The molecule has 1 saturated heterocycles. The van der Waals surface area contributed by atoms with E-state index in [1.165, 1.54) is 11.8 Å². The molecule has 2 aliphatic rings. The number of aliphatic carboxylic acids is 1. The molecule has 0 aliphatic carbocycles. The Bertz CT molecular complexity index is 1560. The van der Waals surface area contributed by atoms with Crippen molar-refractivity contribution < 1.29 is 47.3 Å². The number of β-lactam (4-membered cyclic amide) rings is 1. The van der Waals surface area contributed by atoms with Crippen LogP contribution in [0, 0.1) is 0 Å². The fraction of sp³-hybridized carbons (Fsp3) is 0.292. The first kappa shape index (κ1) is 26.7. The summed E-state index contributed by atoms with van der Waals surface area (Å²) >= 11 is 1.28. The van der Waals surface area contributed by atoms with Crippen LogP contribution in [-0.2, 0) is 35.3 Å². The molecular formula is C24H22N6O9S. The molecule has 2 atom stereocenters. The predicted molar refractivity (Wildman–Crippen MR) is 134 cm³/mol. The van der Waals surface area contributed by atoms with Crippen molar-refractivity contribution in [3.8, 4) is 0 Å². The van der Waals surface area contributed by atoms with Crippen LogP contribution in [0.3, 0.4) is 0 Å². The van der Waals surface area contributed by atoms with Gasteiger partial charge in [-0.2, -0.15) is 9.55 Å². The van der Waals surface area contributed by atoms with Crippen LogP contribution in [0.4, 0.5) is 6.01 Å². The van der Waals surface area contributed by atoms with Crippen LogP contribution in [0.25, 0.3) is 11.0 Å². The van der Waals surface area contributed by atoms with Gasteiger partial charge in [0, 0.05) is 22.8 Å². The Kier molecular flexibility index (Phi) is 7.41. The smallest absolute Gasteiger partial charge is 0.347 e. The number of fused-ring (bicyclic) bond motifs is 2. The van der Waals surface area contributed by atoms with Gasteiger partial charge in [-0.1, -0.05) is 5.16 Å². The number of amides is 2. The molecule has 0 radical (unpaired) electrons. The number of pyridine rings is 1. The summed E-state index contributed by atoms with van der Waals surface area (Å²) in [6, 6.07) is 2.30. The number of thioether (sulfide) groups is 1. The van der Waals surface area contributed by atoms with Gasteiger partial charge in [0.25, 0.3) is 17.8 Å². The van der Waals surface area contributed by atoms with Gasteiger partial charge in [-0.25, -0.2) is 4.79 Å². The van der Waals surface area contributed by atoms with Gasteiger partial charge < -0.3 is 39.4 Å². The highest BCUT2D eigenvalue weighted by atomic mass is 32.2. The van der Waals surface area contributed by atoms with Crippen LogP contribution in [0.1, 0.15) is 12.6 Å². The molecule has 208 valence electrons. The number of nitrogen functional groups attached to an aromatic ring is 1. The summed E-state index contributed by atoms with van der Waals surface area (Å²) in [4.78, 5) is 59.7. The van der Waals surface area contributed by atoms with Gasteiger partial charge in [-0.15, -0.1) is 11.8 Å². The monoisotopic (exact) mass is 570 g/mol. The second-order valence-corrected chi connectivity index (χ2v) is 9.65. The number of oxazole rings is 1. The summed E-state index contributed by atoms with van der Waals surface area (Å²) in [7, 11) is 0.